The number of thioether (sulfide) groups is 1. The smallest absolute Gasteiger partial charge is 0.255 e. The van der Waals surface area contributed by atoms with Crippen molar-refractivity contribution < 1.29 is 14.3 Å². The number of amides is 2. The van der Waals surface area contributed by atoms with Crippen molar-refractivity contribution in [2.75, 3.05) is 23.1 Å². The molecule has 0 saturated heterocycles. The fourth-order valence-corrected chi connectivity index (χ4v) is 5.19. The van der Waals surface area contributed by atoms with Gasteiger partial charge in [0.05, 0.1) is 18.4 Å². The zero-order valence-electron chi connectivity index (χ0n) is 21.8. The minimum Gasteiger partial charge on any atom is -0.495 e. The predicted octanol–water partition coefficient (Wildman–Crippen LogP) is 5.47. The van der Waals surface area contributed by atoms with Gasteiger partial charge < -0.3 is 20.7 Å². The predicted molar refractivity (Wildman–Crippen MR) is 153 cm³/mol. The minimum absolute atomic E-state index is 0.157. The van der Waals surface area contributed by atoms with E-state index < -0.39 is 6.04 Å². The Balaban J connectivity index is 1.50. The van der Waals surface area contributed by atoms with Gasteiger partial charge in [-0.1, -0.05) is 66.4 Å². The molecule has 39 heavy (non-hydrogen) atoms. The van der Waals surface area contributed by atoms with Gasteiger partial charge in [0.15, 0.2) is 0 Å². The number of para-hydroxylation sites is 2. The first-order valence-corrected chi connectivity index (χ1v) is 13.3. The molecule has 1 aliphatic heterocycles. The van der Waals surface area contributed by atoms with Gasteiger partial charge in [0.1, 0.15) is 11.8 Å². The molecule has 5 rings (SSSR count). The maximum atomic E-state index is 13.8. The van der Waals surface area contributed by atoms with Gasteiger partial charge in [-0.15, -0.1) is 5.10 Å². The van der Waals surface area contributed by atoms with Crippen LogP contribution in [0, 0.1) is 0 Å². The van der Waals surface area contributed by atoms with Gasteiger partial charge in [0, 0.05) is 24.1 Å². The topological polar surface area (TPSA) is 110 Å². The lowest BCUT2D eigenvalue weighted by atomic mass is 9.94. The van der Waals surface area contributed by atoms with Crippen molar-refractivity contribution in [3.05, 3.63) is 101 Å². The van der Waals surface area contributed by atoms with Crippen LogP contribution in [0.1, 0.15) is 31.0 Å². The number of ether oxygens (including phenoxy) is 1. The van der Waals surface area contributed by atoms with E-state index in [9.17, 15) is 9.59 Å². The van der Waals surface area contributed by atoms with E-state index in [1.165, 1.54) is 24.2 Å². The molecule has 3 aromatic carbocycles. The zero-order chi connectivity index (χ0) is 27.4. The second-order valence-electron chi connectivity index (χ2n) is 8.96. The normalized spacial score (nSPS) is 14.3. The number of hydrogen-bond donors (Lipinski definition) is 3. The molecular formula is C29H28N6O3S. The van der Waals surface area contributed by atoms with Gasteiger partial charge in [0.25, 0.3) is 5.91 Å². The summed E-state index contributed by atoms with van der Waals surface area (Å²) in [5.41, 5.74) is 4.37. The molecule has 198 valence electrons. The first-order chi connectivity index (χ1) is 18.9. The Morgan fingerprint density at radius 1 is 1.00 bits per heavy atom. The molecule has 0 radical (unpaired) electrons. The first-order valence-electron chi connectivity index (χ1n) is 12.4. The second kappa shape index (κ2) is 11.4. The maximum absolute atomic E-state index is 13.8. The number of allylic oxidation sites excluding steroid dienone is 1. The number of benzene rings is 3. The van der Waals surface area contributed by atoms with Crippen LogP contribution in [-0.4, -0.2) is 33.7 Å². The summed E-state index contributed by atoms with van der Waals surface area (Å²) in [5.74, 6) is 1.38. The number of carbonyl (C=O) groups is 2. The summed E-state index contributed by atoms with van der Waals surface area (Å²) in [6.07, 6.45) is 0. The molecule has 1 aliphatic rings. The fraction of sp³-hybridized carbons (Fsp3) is 0.172. The maximum Gasteiger partial charge on any atom is 0.255 e. The highest BCUT2D eigenvalue weighted by molar-refractivity contribution is 7.98. The standard InChI is InChI=1S/C29H28N6O3S/c1-18-25(27(37)32-23-11-7-8-12-24(23)38-3)26(21-13-15-22(16-14-21)31-19(2)36)35-28(30-18)33-29(34-35)39-17-20-9-5-4-6-10-20/h4-16,26H,17H2,1-3H3,(H,31,36)(H,32,37)(H,30,33,34)/t26-/m0/s1. The fourth-order valence-electron chi connectivity index (χ4n) is 4.41. The molecule has 2 amide bonds. The Labute approximate surface area is 230 Å². The lowest BCUT2D eigenvalue weighted by molar-refractivity contribution is -0.114. The number of anilines is 3. The molecule has 4 aromatic rings. The average Bonchev–Trinajstić information content (AvgIpc) is 3.34. The molecule has 2 heterocycles. The van der Waals surface area contributed by atoms with Crippen LogP contribution < -0.4 is 20.7 Å². The van der Waals surface area contributed by atoms with Crippen LogP contribution in [0.15, 0.2) is 95.3 Å². The zero-order valence-corrected chi connectivity index (χ0v) is 22.6. The van der Waals surface area contributed by atoms with Crippen LogP contribution in [0.3, 0.4) is 0 Å². The lowest BCUT2D eigenvalue weighted by Gasteiger charge is -2.29. The van der Waals surface area contributed by atoms with Crippen LogP contribution in [0.2, 0.25) is 0 Å². The van der Waals surface area contributed by atoms with Gasteiger partial charge >= 0.3 is 0 Å². The Morgan fingerprint density at radius 2 is 1.72 bits per heavy atom. The summed E-state index contributed by atoms with van der Waals surface area (Å²) in [4.78, 5) is 30.0. The molecule has 0 spiro atoms. The number of rotatable bonds is 8. The SMILES string of the molecule is COc1ccccc1NC(=O)C1=C(C)Nc2nc(SCc3ccccc3)nn2[C@H]1c1ccc(NC(C)=O)cc1. The molecule has 0 saturated carbocycles. The number of hydrogen-bond acceptors (Lipinski definition) is 7. The third-order valence-electron chi connectivity index (χ3n) is 6.19. The largest absolute Gasteiger partial charge is 0.495 e. The van der Waals surface area contributed by atoms with Gasteiger partial charge in [0.2, 0.25) is 17.0 Å². The minimum atomic E-state index is -0.555. The molecule has 0 aliphatic carbocycles. The molecule has 9 nitrogen and oxygen atoms in total. The number of methoxy groups -OCH3 is 1. The van der Waals surface area contributed by atoms with E-state index in [1.807, 2.05) is 61.5 Å². The van der Waals surface area contributed by atoms with E-state index in [1.54, 1.807) is 23.9 Å². The van der Waals surface area contributed by atoms with Gasteiger partial charge in [-0.2, -0.15) is 4.98 Å². The Bertz CT molecular complexity index is 1530. The van der Waals surface area contributed by atoms with Gasteiger partial charge in [-0.05, 0) is 42.3 Å². The Morgan fingerprint density at radius 3 is 2.44 bits per heavy atom. The van der Waals surface area contributed by atoms with Crippen LogP contribution in [-0.2, 0) is 15.3 Å². The Hall–Kier alpha value is -4.57. The quantitative estimate of drug-likeness (QED) is 0.254. The Kier molecular flexibility index (Phi) is 7.64. The first kappa shape index (κ1) is 26.1. The van der Waals surface area contributed by atoms with E-state index in [0.29, 0.717) is 45.3 Å². The lowest BCUT2D eigenvalue weighted by Crippen LogP contribution is -2.31. The third kappa shape index (κ3) is 5.80. The second-order valence-corrected chi connectivity index (χ2v) is 9.90. The van der Waals surface area contributed by atoms with Crippen molar-refractivity contribution in [2.45, 2.75) is 30.8 Å². The van der Waals surface area contributed by atoms with Crippen molar-refractivity contribution >= 4 is 40.9 Å². The monoisotopic (exact) mass is 540 g/mol. The third-order valence-corrected chi connectivity index (χ3v) is 7.10. The average molecular weight is 541 g/mol. The van der Waals surface area contributed by atoms with Crippen LogP contribution >= 0.6 is 11.8 Å². The van der Waals surface area contributed by atoms with E-state index in [2.05, 4.69) is 28.1 Å². The van der Waals surface area contributed by atoms with Crippen molar-refractivity contribution in [2.24, 2.45) is 0 Å². The van der Waals surface area contributed by atoms with Crippen LogP contribution in [0.5, 0.6) is 5.75 Å². The van der Waals surface area contributed by atoms with Crippen LogP contribution in [0.25, 0.3) is 0 Å². The van der Waals surface area contributed by atoms with Crippen LogP contribution in [0.4, 0.5) is 17.3 Å². The van der Waals surface area contributed by atoms with E-state index in [0.717, 1.165) is 5.56 Å². The van der Waals surface area contributed by atoms with E-state index in [4.69, 9.17) is 14.8 Å². The van der Waals surface area contributed by atoms with Crippen molar-refractivity contribution in [1.29, 1.82) is 0 Å². The number of fused-ring (bicyclic) bond motifs is 1. The van der Waals surface area contributed by atoms with E-state index >= 15 is 0 Å². The molecular weight excluding hydrogens is 512 g/mol. The number of nitrogens with zero attached hydrogens (tertiary/aromatic N) is 3. The summed E-state index contributed by atoms with van der Waals surface area (Å²) in [6, 6.07) is 24.2. The summed E-state index contributed by atoms with van der Waals surface area (Å²) in [6.45, 7) is 3.31. The highest BCUT2D eigenvalue weighted by atomic mass is 32.2. The van der Waals surface area contributed by atoms with Gasteiger partial charge in [-0.25, -0.2) is 4.68 Å². The summed E-state index contributed by atoms with van der Waals surface area (Å²) in [7, 11) is 1.56. The molecule has 3 N–H and O–H groups in total. The molecule has 0 fully saturated rings. The highest BCUT2D eigenvalue weighted by Gasteiger charge is 2.34. The molecule has 1 atom stereocenters. The number of aromatic nitrogens is 3. The molecule has 10 heteroatoms. The number of carbonyl (C=O) groups excluding carboxylic acids is 2. The number of nitrogens with one attached hydrogen (secondary N) is 3. The van der Waals surface area contributed by atoms with Crippen molar-refractivity contribution in [3.8, 4) is 5.75 Å². The van der Waals surface area contributed by atoms with Crippen molar-refractivity contribution in [3.63, 3.8) is 0 Å². The summed E-state index contributed by atoms with van der Waals surface area (Å²) in [5, 5.41) is 14.4. The van der Waals surface area contributed by atoms with Crippen molar-refractivity contribution in [1.82, 2.24) is 14.8 Å². The molecule has 0 bridgehead atoms. The summed E-state index contributed by atoms with van der Waals surface area (Å²) < 4.78 is 7.17. The molecule has 1 aromatic heterocycles. The van der Waals surface area contributed by atoms with E-state index in [-0.39, 0.29) is 11.8 Å². The van der Waals surface area contributed by atoms with Gasteiger partial charge in [-0.3, -0.25) is 9.59 Å². The molecule has 0 unspecified atom stereocenters. The highest BCUT2D eigenvalue weighted by Crippen LogP contribution is 2.38. The summed E-state index contributed by atoms with van der Waals surface area (Å²) >= 11 is 1.53.